The number of nitrogens with one attached hydrogen (secondary N) is 8. The van der Waals surface area contributed by atoms with Crippen molar-refractivity contribution in [3.63, 3.8) is 0 Å². The number of rotatable bonds is 65. The normalized spacial score (nSPS) is 11.6. The molecule has 1 unspecified atom stereocenters. The Kier molecular flexibility index (Phi) is 55.2. The molecule has 17 N–H and O–H groups in total. The molecule has 0 aliphatic rings. The van der Waals surface area contributed by atoms with E-state index in [4.69, 9.17) is 10.3 Å². The van der Waals surface area contributed by atoms with Crippen molar-refractivity contribution in [2.75, 3.05) is 90.8 Å². The number of carbonyl (C=O) groups is 14. The smallest absolute Gasteiger partial charge is 0.265 e. The predicted octanol–water partition coefficient (Wildman–Crippen LogP) is 0.860. The zero-order chi connectivity index (χ0) is 82.8. The molecular formula is C71H125N16O23S+. The van der Waals surface area contributed by atoms with E-state index in [-0.39, 0.29) is 167 Å². The second kappa shape index (κ2) is 61.0. The van der Waals surface area contributed by atoms with Gasteiger partial charge in [-0.3, -0.25) is 103 Å². The molecule has 111 heavy (non-hydrogen) atoms. The SMILES string of the molecule is CC(=O)N(O)CCCCCNC(=O)CCC(=O)N(O)CCCCCNC(=O)CCC(=O)N(O)CCCCCNC(=O)CCC(=O)NC(CCCCNC(=O)[C@H](N)Cc1ccc[n+](CCCS(=O)(=O)O)c1)C(=O)NCCCCCN(O)C(=O)CCC(=O)NCCCCCN(O)C(=O)CCC(=O)NCCCCCN(O)C(C)=O. The number of amides is 14. The maximum absolute atomic E-state index is 13.5. The van der Waals surface area contributed by atoms with Gasteiger partial charge in [0, 0.05) is 188 Å². The molecule has 0 aromatic carbocycles. The molecular weight excluding hydrogens is 1480 g/mol. The summed E-state index contributed by atoms with van der Waals surface area (Å²) in [5.41, 5.74) is 6.92. The molecule has 0 saturated carbocycles. The fraction of sp³-hybridized carbons (Fsp3) is 0.732. The molecule has 632 valence electrons. The highest BCUT2D eigenvalue weighted by Gasteiger charge is 2.24. The van der Waals surface area contributed by atoms with Gasteiger partial charge in [0.05, 0.1) is 11.8 Å². The van der Waals surface area contributed by atoms with Crippen molar-refractivity contribution < 1.29 is 116 Å². The zero-order valence-electron chi connectivity index (χ0n) is 64.7. The number of carbonyl (C=O) groups excluding carboxylic acids is 14. The lowest BCUT2D eigenvalue weighted by molar-refractivity contribution is -0.697. The first-order chi connectivity index (χ1) is 52.8. The van der Waals surface area contributed by atoms with E-state index in [2.05, 4.69) is 42.5 Å². The van der Waals surface area contributed by atoms with Crippen LogP contribution in [0.2, 0.25) is 0 Å². The van der Waals surface area contributed by atoms with Crippen LogP contribution in [-0.2, 0) is 90.2 Å². The van der Waals surface area contributed by atoms with E-state index >= 15 is 0 Å². The lowest BCUT2D eigenvalue weighted by Gasteiger charge is -2.19. The quantitative estimate of drug-likeness (QED) is 0.0141. The second-order valence-electron chi connectivity index (χ2n) is 27.1. The highest BCUT2D eigenvalue weighted by molar-refractivity contribution is 7.85. The number of pyridine rings is 1. The number of hydrogen-bond donors (Lipinski definition) is 16. The molecule has 39 nitrogen and oxygen atoms in total. The molecule has 0 aliphatic heterocycles. The van der Waals surface area contributed by atoms with Gasteiger partial charge in [-0.1, -0.05) is 0 Å². The molecule has 0 bridgehead atoms. The minimum absolute atomic E-state index is 0.0225. The summed E-state index contributed by atoms with van der Waals surface area (Å²) in [5.74, 6) is -7.37. The summed E-state index contributed by atoms with van der Waals surface area (Å²) in [6, 6.07) is 1.52. The largest absolute Gasteiger partial charge is 0.356 e. The average molecular weight is 1600 g/mol. The van der Waals surface area contributed by atoms with Gasteiger partial charge in [-0.05, 0) is 141 Å². The van der Waals surface area contributed by atoms with Crippen molar-refractivity contribution in [2.24, 2.45) is 5.73 Å². The number of unbranched alkanes of at least 4 members (excludes halogenated alkanes) is 13. The summed E-state index contributed by atoms with van der Waals surface area (Å²) in [5, 5.41) is 84.6. The molecule has 1 aromatic rings. The van der Waals surface area contributed by atoms with Crippen LogP contribution in [0.15, 0.2) is 24.5 Å². The predicted molar refractivity (Wildman–Crippen MR) is 398 cm³/mol. The molecule has 2 atom stereocenters. The number of aromatic nitrogens is 1. The van der Waals surface area contributed by atoms with Crippen molar-refractivity contribution >= 4 is 92.8 Å². The summed E-state index contributed by atoms with van der Waals surface area (Å²) in [6.07, 6.45) is 12.0. The van der Waals surface area contributed by atoms with E-state index in [1.807, 2.05) is 0 Å². The van der Waals surface area contributed by atoms with Crippen molar-refractivity contribution in [1.29, 1.82) is 0 Å². The Labute approximate surface area is 650 Å². The first-order valence-corrected chi connectivity index (χ1v) is 40.2. The lowest BCUT2D eigenvalue weighted by Crippen LogP contribution is -2.47. The van der Waals surface area contributed by atoms with Crippen LogP contribution in [0, 0.1) is 0 Å². The van der Waals surface area contributed by atoms with E-state index in [0.717, 1.165) is 0 Å². The van der Waals surface area contributed by atoms with Crippen LogP contribution in [0.4, 0.5) is 0 Å². The molecule has 1 rings (SSSR count). The van der Waals surface area contributed by atoms with E-state index in [1.54, 1.807) is 29.1 Å². The third-order valence-electron chi connectivity index (χ3n) is 17.3. The molecule has 0 radical (unpaired) electrons. The number of hydrogen-bond acceptors (Lipinski definition) is 23. The Morgan fingerprint density at radius 2 is 0.685 bits per heavy atom. The lowest BCUT2D eigenvalue weighted by atomic mass is 10.1. The van der Waals surface area contributed by atoms with Crippen LogP contribution >= 0.6 is 0 Å². The van der Waals surface area contributed by atoms with Crippen LogP contribution in [0.25, 0.3) is 0 Å². The number of nitrogens with two attached hydrogens (primary N) is 1. The van der Waals surface area contributed by atoms with Crippen molar-refractivity contribution in [3.8, 4) is 0 Å². The van der Waals surface area contributed by atoms with Crippen LogP contribution in [0.1, 0.15) is 225 Å². The summed E-state index contributed by atoms with van der Waals surface area (Å²) in [6.45, 7) is 5.01. The molecule has 40 heteroatoms. The van der Waals surface area contributed by atoms with Gasteiger partial charge >= 0.3 is 0 Å². The van der Waals surface area contributed by atoms with Gasteiger partial charge in [-0.15, -0.1) is 0 Å². The summed E-state index contributed by atoms with van der Waals surface area (Å²) < 4.78 is 33.0. The van der Waals surface area contributed by atoms with Gasteiger partial charge in [0.15, 0.2) is 12.4 Å². The van der Waals surface area contributed by atoms with Gasteiger partial charge < -0.3 is 48.3 Å². The van der Waals surface area contributed by atoms with Gasteiger partial charge in [-0.2, -0.15) is 8.42 Å². The van der Waals surface area contributed by atoms with Crippen LogP contribution in [0.5, 0.6) is 0 Å². The summed E-state index contributed by atoms with van der Waals surface area (Å²) >= 11 is 0. The van der Waals surface area contributed by atoms with Gasteiger partial charge in [-0.25, -0.2) is 34.9 Å². The maximum Gasteiger partial charge on any atom is 0.265 e. The van der Waals surface area contributed by atoms with Gasteiger partial charge in [0.25, 0.3) is 10.1 Å². The summed E-state index contributed by atoms with van der Waals surface area (Å²) in [7, 11) is -4.12. The van der Waals surface area contributed by atoms with Crippen LogP contribution in [0.3, 0.4) is 0 Å². The van der Waals surface area contributed by atoms with E-state index in [0.29, 0.717) is 184 Å². The Balaban J connectivity index is 2.49. The minimum Gasteiger partial charge on any atom is -0.356 e. The molecule has 0 saturated heterocycles. The first-order valence-electron chi connectivity index (χ1n) is 38.6. The minimum atomic E-state index is -4.12. The maximum atomic E-state index is 13.5. The zero-order valence-corrected chi connectivity index (χ0v) is 65.5. The van der Waals surface area contributed by atoms with E-state index in [1.165, 1.54) is 13.8 Å². The highest BCUT2D eigenvalue weighted by atomic mass is 32.2. The van der Waals surface area contributed by atoms with Gasteiger partial charge in [0.1, 0.15) is 12.6 Å². The topological polar surface area (TPSA) is 560 Å². The van der Waals surface area contributed by atoms with E-state index < -0.39 is 98.8 Å². The van der Waals surface area contributed by atoms with Crippen LogP contribution < -0.4 is 52.8 Å². The third-order valence-corrected chi connectivity index (χ3v) is 18.1. The highest BCUT2D eigenvalue weighted by Crippen LogP contribution is 2.10. The Bertz CT molecular complexity index is 3120. The molecule has 0 spiro atoms. The summed E-state index contributed by atoms with van der Waals surface area (Å²) in [4.78, 5) is 173. The fourth-order valence-corrected chi connectivity index (χ4v) is 11.2. The molecule has 0 aliphatic carbocycles. The Hall–Kier alpha value is -8.64. The molecule has 0 fully saturated rings. The second-order valence-corrected chi connectivity index (χ2v) is 28.6. The Morgan fingerprint density at radius 3 is 1.02 bits per heavy atom. The monoisotopic (exact) mass is 1600 g/mol. The molecule has 1 heterocycles. The van der Waals surface area contributed by atoms with Crippen molar-refractivity contribution in [3.05, 3.63) is 30.1 Å². The number of aryl methyl sites for hydroxylation is 1. The fourth-order valence-electron chi connectivity index (χ4n) is 10.7. The van der Waals surface area contributed by atoms with Crippen molar-refractivity contribution in [2.45, 2.75) is 244 Å². The van der Waals surface area contributed by atoms with Crippen LogP contribution in [-0.4, -0.2) is 260 Å². The van der Waals surface area contributed by atoms with Crippen molar-refractivity contribution in [1.82, 2.24) is 72.9 Å². The number of nitrogens with zero attached hydrogens (tertiary/aromatic N) is 7. The standard InChI is InChI=1S/C71H124N16O23S/c1-55(88)82(102)46-17-3-10-38-74-61(91)29-33-66(96)85(105)49-20-6-13-40-76-63(93)31-35-68(98)84(104)48-19-5-12-37-73-60(90)27-28-65(95)80-59(26-9-16-43-78-70(100)58(72)53-57-25-23-44-81(54-57)45-24-52-111(108,109)110)71(101)79-42-15-8-22-51-87(107)69(99)36-32-64(94)77-41-14-7-21-50-86(106)67(97)34-30-62(92)75-39-11-4-18-47-83(103)56(2)89/h23,25,44,54,58-59,102-107H,3-22,24,26-43,45-53,72H2,1-2H3,(H8-,73,74,75,76,77,78,79,80,90,91,92,93,94,95,100,101,108,109,110)/p+1/t58-,59?/m1/s1. The molecule has 14 amide bonds. The Morgan fingerprint density at radius 1 is 0.387 bits per heavy atom. The van der Waals surface area contributed by atoms with Gasteiger partial charge in [0.2, 0.25) is 82.7 Å². The number of hydroxylamine groups is 12. The third kappa shape index (κ3) is 54.6. The average Bonchev–Trinajstić information content (AvgIpc) is 0.889. The molecule has 1 aromatic heterocycles. The first kappa shape index (κ1) is 100. The van der Waals surface area contributed by atoms with E-state index in [9.17, 15) is 107 Å².